The smallest absolute Gasteiger partial charge is 0.00132 e. The lowest BCUT2D eigenvalue weighted by Gasteiger charge is -2.21. The van der Waals surface area contributed by atoms with Crippen LogP contribution in [0.15, 0.2) is 54.6 Å². The van der Waals surface area contributed by atoms with Gasteiger partial charge in [-0.3, -0.25) is 0 Å². The summed E-state index contributed by atoms with van der Waals surface area (Å²) in [7, 11) is 0. The number of aryl methyl sites for hydroxylation is 1. The Hall–Kier alpha value is -2.08. The highest BCUT2D eigenvalue weighted by Crippen LogP contribution is 2.39. The van der Waals surface area contributed by atoms with Crippen molar-refractivity contribution in [3.05, 3.63) is 71.3 Å². The maximum absolute atomic E-state index is 2.28. The summed E-state index contributed by atoms with van der Waals surface area (Å²) in [4.78, 5) is 0. The number of hydrogen-bond acceptors (Lipinski definition) is 0. The van der Waals surface area contributed by atoms with Crippen LogP contribution in [0.2, 0.25) is 0 Å². The molecule has 0 spiro atoms. The molecular weight excluding hydrogens is 216 g/mol. The van der Waals surface area contributed by atoms with Crippen molar-refractivity contribution < 1.29 is 0 Å². The van der Waals surface area contributed by atoms with Crippen molar-refractivity contribution in [2.24, 2.45) is 0 Å². The third-order valence-corrected chi connectivity index (χ3v) is 4.03. The Labute approximate surface area is 107 Å². The van der Waals surface area contributed by atoms with E-state index in [-0.39, 0.29) is 0 Å². The molecule has 0 fully saturated rings. The van der Waals surface area contributed by atoms with Crippen LogP contribution in [0.5, 0.6) is 0 Å². The molecule has 0 aliphatic heterocycles. The quantitative estimate of drug-likeness (QED) is 0.410. The molecule has 0 bridgehead atoms. The molecule has 0 N–H and O–H groups in total. The van der Waals surface area contributed by atoms with Crippen molar-refractivity contribution in [2.75, 3.05) is 0 Å². The minimum atomic E-state index is 1.06. The first kappa shape index (κ1) is 9.90. The Morgan fingerprint density at radius 1 is 0.722 bits per heavy atom. The van der Waals surface area contributed by atoms with Gasteiger partial charge in [-0.05, 0) is 51.9 Å². The summed E-state index contributed by atoms with van der Waals surface area (Å²) in [6.45, 7) is 2.20. The van der Waals surface area contributed by atoms with Gasteiger partial charge in [-0.1, -0.05) is 54.6 Å². The molecular formula is C18H14. The van der Waals surface area contributed by atoms with Crippen molar-refractivity contribution in [3.63, 3.8) is 0 Å². The maximum atomic E-state index is 2.28. The monoisotopic (exact) mass is 230 g/mol. The molecule has 0 heterocycles. The molecule has 0 aromatic heterocycles. The SMILES string of the molecule is Cc1ccc2c3c(cccc13)Cc1ccccc1-2. The zero-order valence-corrected chi connectivity index (χ0v) is 10.4. The molecule has 0 saturated carbocycles. The third kappa shape index (κ3) is 1.20. The van der Waals surface area contributed by atoms with Crippen molar-refractivity contribution in [1.29, 1.82) is 0 Å². The molecule has 0 amide bonds. The van der Waals surface area contributed by atoms with Crippen LogP contribution in [0.4, 0.5) is 0 Å². The van der Waals surface area contributed by atoms with Crippen molar-refractivity contribution in [2.45, 2.75) is 13.3 Å². The van der Waals surface area contributed by atoms with Gasteiger partial charge >= 0.3 is 0 Å². The van der Waals surface area contributed by atoms with E-state index in [0.29, 0.717) is 0 Å². The molecule has 0 heteroatoms. The number of rotatable bonds is 0. The van der Waals surface area contributed by atoms with Crippen molar-refractivity contribution in [3.8, 4) is 11.1 Å². The number of benzene rings is 3. The average molecular weight is 230 g/mol. The second-order valence-corrected chi connectivity index (χ2v) is 5.10. The predicted octanol–water partition coefficient (Wildman–Crippen LogP) is 4.72. The molecule has 0 unspecified atom stereocenters. The number of hydrogen-bond donors (Lipinski definition) is 0. The van der Waals surface area contributed by atoms with E-state index in [2.05, 4.69) is 61.5 Å². The van der Waals surface area contributed by atoms with E-state index in [1.807, 2.05) is 0 Å². The Morgan fingerprint density at radius 2 is 1.56 bits per heavy atom. The third-order valence-electron chi connectivity index (χ3n) is 4.03. The summed E-state index contributed by atoms with van der Waals surface area (Å²) >= 11 is 0. The molecule has 3 aromatic carbocycles. The summed E-state index contributed by atoms with van der Waals surface area (Å²) in [6, 6.07) is 20.0. The van der Waals surface area contributed by atoms with Gasteiger partial charge in [0.25, 0.3) is 0 Å². The van der Waals surface area contributed by atoms with Crippen LogP contribution in [0.25, 0.3) is 21.9 Å². The second-order valence-electron chi connectivity index (χ2n) is 5.10. The fourth-order valence-corrected chi connectivity index (χ4v) is 3.14. The molecule has 3 aromatic rings. The molecule has 18 heavy (non-hydrogen) atoms. The van der Waals surface area contributed by atoms with Gasteiger partial charge in [0.2, 0.25) is 0 Å². The first-order valence-electron chi connectivity index (χ1n) is 6.44. The first-order chi connectivity index (χ1) is 8.84. The van der Waals surface area contributed by atoms with Gasteiger partial charge in [0, 0.05) is 0 Å². The van der Waals surface area contributed by atoms with E-state index in [1.165, 1.54) is 38.6 Å². The van der Waals surface area contributed by atoms with Crippen molar-refractivity contribution in [1.82, 2.24) is 0 Å². The highest BCUT2D eigenvalue weighted by molar-refractivity contribution is 6.03. The van der Waals surface area contributed by atoms with Crippen LogP contribution in [0.1, 0.15) is 16.7 Å². The van der Waals surface area contributed by atoms with Gasteiger partial charge < -0.3 is 0 Å². The summed E-state index contributed by atoms with van der Waals surface area (Å²) in [5, 5.41) is 2.86. The molecule has 0 nitrogen and oxygen atoms in total. The minimum absolute atomic E-state index is 1.06. The average Bonchev–Trinajstić information content (AvgIpc) is 2.42. The van der Waals surface area contributed by atoms with Gasteiger partial charge in [-0.15, -0.1) is 0 Å². The van der Waals surface area contributed by atoms with E-state index in [9.17, 15) is 0 Å². The first-order valence-corrected chi connectivity index (χ1v) is 6.44. The summed E-state index contributed by atoms with van der Waals surface area (Å²) < 4.78 is 0. The normalized spacial score (nSPS) is 12.5. The Kier molecular flexibility index (Phi) is 1.90. The lowest BCUT2D eigenvalue weighted by molar-refractivity contribution is 1.20. The van der Waals surface area contributed by atoms with Gasteiger partial charge in [0.1, 0.15) is 0 Å². The fourth-order valence-electron chi connectivity index (χ4n) is 3.14. The van der Waals surface area contributed by atoms with E-state index in [4.69, 9.17) is 0 Å². The molecule has 0 atom stereocenters. The summed E-state index contributed by atoms with van der Waals surface area (Å²) in [5.74, 6) is 0. The summed E-state index contributed by atoms with van der Waals surface area (Å²) in [5.41, 5.74) is 7.08. The van der Waals surface area contributed by atoms with Crippen LogP contribution in [-0.2, 0) is 6.42 Å². The van der Waals surface area contributed by atoms with Crippen LogP contribution in [0, 0.1) is 6.92 Å². The van der Waals surface area contributed by atoms with E-state index in [1.54, 1.807) is 0 Å². The molecule has 1 aliphatic rings. The predicted molar refractivity (Wildman–Crippen MR) is 76.9 cm³/mol. The lowest BCUT2D eigenvalue weighted by Crippen LogP contribution is -2.01. The second kappa shape index (κ2) is 3.46. The van der Waals surface area contributed by atoms with Gasteiger partial charge in [0.15, 0.2) is 0 Å². The largest absolute Gasteiger partial charge is 0.0619 e. The Balaban J connectivity index is 2.22. The Morgan fingerprint density at radius 3 is 2.50 bits per heavy atom. The Bertz CT molecular complexity index is 766. The highest BCUT2D eigenvalue weighted by Gasteiger charge is 2.17. The molecule has 4 rings (SSSR count). The zero-order chi connectivity index (χ0) is 12.1. The maximum Gasteiger partial charge on any atom is -0.00132 e. The molecule has 1 aliphatic carbocycles. The molecule has 86 valence electrons. The fraction of sp³-hybridized carbons (Fsp3) is 0.111. The lowest BCUT2D eigenvalue weighted by atomic mass is 9.83. The number of fused-ring (bicyclic) bond motifs is 2. The van der Waals surface area contributed by atoms with Crippen LogP contribution < -0.4 is 0 Å². The summed E-state index contributed by atoms with van der Waals surface area (Å²) in [6.07, 6.45) is 1.06. The van der Waals surface area contributed by atoms with E-state index < -0.39 is 0 Å². The van der Waals surface area contributed by atoms with Gasteiger partial charge in [-0.2, -0.15) is 0 Å². The topological polar surface area (TPSA) is 0 Å². The molecule has 0 radical (unpaired) electrons. The van der Waals surface area contributed by atoms with Crippen molar-refractivity contribution >= 4 is 10.8 Å². The van der Waals surface area contributed by atoms with E-state index in [0.717, 1.165) is 6.42 Å². The van der Waals surface area contributed by atoms with Gasteiger partial charge in [-0.25, -0.2) is 0 Å². The van der Waals surface area contributed by atoms with Crippen LogP contribution in [-0.4, -0.2) is 0 Å². The van der Waals surface area contributed by atoms with Gasteiger partial charge in [0.05, 0.1) is 0 Å². The standard InChI is InChI=1S/C18H14/c1-12-9-10-17-16-7-3-2-5-13(16)11-14-6-4-8-15(12)18(14)17/h2-10H,11H2,1H3. The van der Waals surface area contributed by atoms with Crippen LogP contribution >= 0.6 is 0 Å². The molecule has 0 saturated heterocycles. The van der Waals surface area contributed by atoms with Crippen LogP contribution in [0.3, 0.4) is 0 Å². The minimum Gasteiger partial charge on any atom is -0.0619 e. The highest BCUT2D eigenvalue weighted by atomic mass is 14.2. The van der Waals surface area contributed by atoms with E-state index >= 15 is 0 Å². The zero-order valence-electron chi connectivity index (χ0n) is 10.4.